The Labute approximate surface area is 242 Å². The number of aromatic nitrogens is 1. The van der Waals surface area contributed by atoms with Crippen LogP contribution in [-0.4, -0.2) is 30.2 Å². The largest absolute Gasteiger partial charge is 0.493 e. The van der Waals surface area contributed by atoms with Crippen molar-refractivity contribution in [2.24, 2.45) is 5.10 Å². The summed E-state index contributed by atoms with van der Waals surface area (Å²) in [4.78, 5) is 28.8. The number of benzene rings is 4. The molecule has 0 fully saturated rings. The summed E-state index contributed by atoms with van der Waals surface area (Å²) < 4.78 is 49.6. The average Bonchev–Trinajstić information content (AvgIpc) is 3.36. The Kier molecular flexibility index (Phi) is 7.99. The van der Waals surface area contributed by atoms with Crippen LogP contribution < -0.4 is 14.9 Å². The molecular weight excluding hydrogens is 571 g/mol. The van der Waals surface area contributed by atoms with Crippen molar-refractivity contribution in [3.63, 3.8) is 0 Å². The summed E-state index contributed by atoms with van der Waals surface area (Å²) in [6.07, 6.45) is -3.24. The molecule has 0 bridgehead atoms. The lowest BCUT2D eigenvalue weighted by Crippen LogP contribution is -2.18. The number of methoxy groups -OCH3 is 1. The number of nitrogens with zero attached hydrogens (tertiary/aromatic N) is 1. The van der Waals surface area contributed by atoms with Gasteiger partial charge < -0.3 is 14.5 Å². The van der Waals surface area contributed by atoms with Crippen LogP contribution in [0.2, 0.25) is 5.02 Å². The second kappa shape index (κ2) is 11.8. The highest BCUT2D eigenvalue weighted by molar-refractivity contribution is 6.31. The van der Waals surface area contributed by atoms with E-state index in [9.17, 15) is 22.8 Å². The Balaban J connectivity index is 1.33. The summed E-state index contributed by atoms with van der Waals surface area (Å²) in [6, 6.07) is 23.0. The first-order valence-electron chi connectivity index (χ1n) is 12.4. The quantitative estimate of drug-likeness (QED) is 0.0887. The van der Waals surface area contributed by atoms with Crippen LogP contribution in [-0.2, 0) is 6.18 Å². The molecule has 0 aliphatic carbocycles. The molecule has 0 spiro atoms. The number of hydrazone groups is 1. The lowest BCUT2D eigenvalue weighted by Gasteiger charge is -2.11. The molecule has 212 valence electrons. The van der Waals surface area contributed by atoms with E-state index >= 15 is 0 Å². The minimum Gasteiger partial charge on any atom is -0.493 e. The van der Waals surface area contributed by atoms with Gasteiger partial charge in [-0.05, 0) is 65.7 Å². The van der Waals surface area contributed by atoms with E-state index in [0.29, 0.717) is 27.9 Å². The molecule has 0 aliphatic heterocycles. The third kappa shape index (κ3) is 6.13. The van der Waals surface area contributed by atoms with Crippen molar-refractivity contribution in [2.75, 3.05) is 7.11 Å². The first-order valence-corrected chi connectivity index (χ1v) is 12.8. The van der Waals surface area contributed by atoms with Gasteiger partial charge in [-0.15, -0.1) is 0 Å². The zero-order chi connectivity index (χ0) is 29.9. The maximum absolute atomic E-state index is 13.2. The first-order chi connectivity index (χ1) is 20.1. The van der Waals surface area contributed by atoms with Crippen molar-refractivity contribution in [3.8, 4) is 22.6 Å². The van der Waals surface area contributed by atoms with E-state index in [1.807, 2.05) is 30.3 Å². The second-order valence-electron chi connectivity index (χ2n) is 9.01. The van der Waals surface area contributed by atoms with E-state index in [2.05, 4.69) is 15.5 Å². The highest BCUT2D eigenvalue weighted by atomic mass is 35.5. The van der Waals surface area contributed by atoms with Gasteiger partial charge in [-0.1, -0.05) is 48.0 Å². The zero-order valence-corrected chi connectivity index (χ0v) is 22.6. The minimum absolute atomic E-state index is 0.00895. The van der Waals surface area contributed by atoms with Gasteiger partial charge in [-0.25, -0.2) is 10.2 Å². The van der Waals surface area contributed by atoms with E-state index in [1.165, 1.54) is 37.6 Å². The van der Waals surface area contributed by atoms with Crippen molar-refractivity contribution in [1.29, 1.82) is 0 Å². The number of rotatable bonds is 7. The van der Waals surface area contributed by atoms with Gasteiger partial charge in [0.25, 0.3) is 5.91 Å². The molecule has 1 heterocycles. The molecule has 5 rings (SSSR count). The van der Waals surface area contributed by atoms with Crippen molar-refractivity contribution in [1.82, 2.24) is 10.4 Å². The number of ether oxygens (including phenoxy) is 2. The third-order valence-corrected chi connectivity index (χ3v) is 6.48. The van der Waals surface area contributed by atoms with Crippen molar-refractivity contribution in [2.45, 2.75) is 6.18 Å². The van der Waals surface area contributed by atoms with Crippen LogP contribution in [0.25, 0.3) is 22.0 Å². The number of carbonyl (C=O) groups excluding carboxylic acids is 2. The van der Waals surface area contributed by atoms with Gasteiger partial charge in [0.2, 0.25) is 0 Å². The van der Waals surface area contributed by atoms with Gasteiger partial charge in [-0.2, -0.15) is 18.3 Å². The maximum Gasteiger partial charge on any atom is 0.416 e. The fourth-order valence-electron chi connectivity index (χ4n) is 4.29. The Bertz CT molecular complexity index is 1820. The van der Waals surface area contributed by atoms with Gasteiger partial charge in [0.15, 0.2) is 11.5 Å². The molecule has 7 nitrogen and oxygen atoms in total. The number of hydrogen-bond donors (Lipinski definition) is 2. The number of nitrogens with one attached hydrogen (secondary N) is 2. The normalized spacial score (nSPS) is 11.5. The molecule has 0 aliphatic rings. The van der Waals surface area contributed by atoms with Gasteiger partial charge in [0.1, 0.15) is 5.69 Å². The predicted molar refractivity (Wildman–Crippen MR) is 153 cm³/mol. The number of esters is 1. The molecule has 11 heteroatoms. The highest BCUT2D eigenvalue weighted by Gasteiger charge is 2.31. The summed E-state index contributed by atoms with van der Waals surface area (Å²) in [5.41, 5.74) is 4.27. The van der Waals surface area contributed by atoms with E-state index in [1.54, 1.807) is 18.2 Å². The number of H-pyrrole nitrogens is 1. The first kappa shape index (κ1) is 28.4. The number of fused-ring (bicyclic) bond motifs is 1. The standard InChI is InChI=1S/C31H21ClF3N3O4/c1-41-26-14-18(10-13-25(26)42-30(40)20-8-5-9-21(15-20)31(33,34)35)17-36-38-29(39)28-27(19-6-3-2-4-7-19)23-16-22(32)11-12-24(23)37-28/h2-17,37H,1H3,(H,38,39). The molecule has 1 amide bonds. The van der Waals surface area contributed by atoms with Crippen molar-refractivity contribution in [3.05, 3.63) is 118 Å². The van der Waals surface area contributed by atoms with Crippen LogP contribution in [0.3, 0.4) is 0 Å². The zero-order valence-electron chi connectivity index (χ0n) is 21.8. The van der Waals surface area contributed by atoms with E-state index in [-0.39, 0.29) is 17.1 Å². The van der Waals surface area contributed by atoms with Crippen LogP contribution in [0.4, 0.5) is 13.2 Å². The molecule has 0 atom stereocenters. The second-order valence-corrected chi connectivity index (χ2v) is 9.44. The Morgan fingerprint density at radius 3 is 2.45 bits per heavy atom. The lowest BCUT2D eigenvalue weighted by atomic mass is 10.0. The molecule has 0 saturated carbocycles. The summed E-state index contributed by atoms with van der Waals surface area (Å²) >= 11 is 6.22. The van der Waals surface area contributed by atoms with Crippen molar-refractivity contribution >= 4 is 40.6 Å². The van der Waals surface area contributed by atoms with Crippen molar-refractivity contribution < 1.29 is 32.2 Å². The lowest BCUT2D eigenvalue weighted by molar-refractivity contribution is -0.137. The van der Waals surface area contributed by atoms with Gasteiger partial charge in [0, 0.05) is 21.5 Å². The molecule has 5 aromatic rings. The molecule has 0 saturated heterocycles. The molecule has 4 aromatic carbocycles. The topological polar surface area (TPSA) is 92.8 Å². The molecule has 0 radical (unpaired) electrons. The minimum atomic E-state index is -4.60. The molecule has 2 N–H and O–H groups in total. The van der Waals surface area contributed by atoms with Crippen LogP contribution in [0, 0.1) is 0 Å². The number of alkyl halides is 3. The van der Waals surface area contributed by atoms with Crippen LogP contribution in [0.15, 0.2) is 96.1 Å². The van der Waals surface area contributed by atoms with Crippen LogP contribution in [0.1, 0.15) is 32.0 Å². The fourth-order valence-corrected chi connectivity index (χ4v) is 4.46. The van der Waals surface area contributed by atoms with Gasteiger partial charge >= 0.3 is 12.1 Å². The highest BCUT2D eigenvalue weighted by Crippen LogP contribution is 2.34. The SMILES string of the molecule is COc1cc(C=NNC(=O)c2[nH]c3ccc(Cl)cc3c2-c2ccccc2)ccc1OC(=O)c1cccc(C(F)(F)F)c1. The molecular formula is C31H21ClF3N3O4. The van der Waals surface area contributed by atoms with E-state index in [4.69, 9.17) is 21.1 Å². The number of halogens is 4. The fraction of sp³-hybridized carbons (Fsp3) is 0.0645. The summed E-state index contributed by atoms with van der Waals surface area (Å²) in [5, 5.41) is 5.36. The molecule has 1 aromatic heterocycles. The molecule has 0 unspecified atom stereocenters. The predicted octanol–water partition coefficient (Wildman–Crippen LogP) is 7.50. The summed E-state index contributed by atoms with van der Waals surface area (Å²) in [5.74, 6) is -1.35. The number of carbonyl (C=O) groups is 2. The summed E-state index contributed by atoms with van der Waals surface area (Å²) in [6.45, 7) is 0. The van der Waals surface area contributed by atoms with Gasteiger partial charge in [-0.3, -0.25) is 4.79 Å². The average molecular weight is 592 g/mol. The smallest absolute Gasteiger partial charge is 0.416 e. The Hall–Kier alpha value is -5.09. The van der Waals surface area contributed by atoms with Crippen LogP contribution in [0.5, 0.6) is 11.5 Å². The van der Waals surface area contributed by atoms with Crippen LogP contribution >= 0.6 is 11.6 Å². The Morgan fingerprint density at radius 1 is 0.929 bits per heavy atom. The van der Waals surface area contributed by atoms with E-state index < -0.39 is 23.6 Å². The number of amides is 1. The summed E-state index contributed by atoms with van der Waals surface area (Å²) in [7, 11) is 1.34. The Morgan fingerprint density at radius 2 is 1.71 bits per heavy atom. The maximum atomic E-state index is 13.2. The molecule has 42 heavy (non-hydrogen) atoms. The third-order valence-electron chi connectivity index (χ3n) is 6.25. The monoisotopic (exact) mass is 591 g/mol. The number of hydrogen-bond acceptors (Lipinski definition) is 5. The number of aromatic amines is 1. The van der Waals surface area contributed by atoms with E-state index in [0.717, 1.165) is 28.6 Å². The van der Waals surface area contributed by atoms with Gasteiger partial charge in [0.05, 0.1) is 24.5 Å².